The van der Waals surface area contributed by atoms with Crippen molar-refractivity contribution in [1.29, 1.82) is 0 Å². The summed E-state index contributed by atoms with van der Waals surface area (Å²) in [6, 6.07) is 2.04. The standard InChI is InChI=1S/C16H22N4O2S/c1-12-8-20(10-15(22-12)14-4-6-23-11-14)16(21)17-5-3-13-7-18-19(2)9-13/h4,6-7,9,11-12,15H,3,5,8,10H2,1-2H3,(H,17,21)/t12-,15+/m0/s1. The average molecular weight is 334 g/mol. The number of rotatable bonds is 4. The Morgan fingerprint density at radius 3 is 3.09 bits per heavy atom. The number of carbonyl (C=O) groups excluding carboxylic acids is 1. The molecule has 124 valence electrons. The van der Waals surface area contributed by atoms with E-state index in [-0.39, 0.29) is 18.2 Å². The summed E-state index contributed by atoms with van der Waals surface area (Å²) in [7, 11) is 1.89. The summed E-state index contributed by atoms with van der Waals surface area (Å²) in [4.78, 5) is 14.2. The largest absolute Gasteiger partial charge is 0.367 e. The Balaban J connectivity index is 1.51. The molecule has 1 aliphatic rings. The maximum Gasteiger partial charge on any atom is 0.317 e. The van der Waals surface area contributed by atoms with E-state index in [9.17, 15) is 4.79 Å². The fraction of sp³-hybridized carbons (Fsp3) is 0.500. The lowest BCUT2D eigenvalue weighted by Gasteiger charge is -2.36. The van der Waals surface area contributed by atoms with Crippen LogP contribution in [0.4, 0.5) is 4.79 Å². The summed E-state index contributed by atoms with van der Waals surface area (Å²) in [5.74, 6) is 0. The van der Waals surface area contributed by atoms with Gasteiger partial charge in [-0.15, -0.1) is 0 Å². The molecule has 0 aromatic carbocycles. The highest BCUT2D eigenvalue weighted by Gasteiger charge is 2.29. The monoisotopic (exact) mass is 334 g/mol. The minimum absolute atomic E-state index is 0.0238. The highest BCUT2D eigenvalue weighted by atomic mass is 32.1. The van der Waals surface area contributed by atoms with E-state index in [4.69, 9.17) is 4.74 Å². The first-order valence-corrected chi connectivity index (χ1v) is 8.74. The highest BCUT2D eigenvalue weighted by molar-refractivity contribution is 7.07. The topological polar surface area (TPSA) is 59.4 Å². The molecule has 2 amide bonds. The smallest absolute Gasteiger partial charge is 0.317 e. The molecule has 0 aliphatic carbocycles. The van der Waals surface area contributed by atoms with Crippen LogP contribution in [0.1, 0.15) is 24.2 Å². The van der Waals surface area contributed by atoms with Crippen molar-refractivity contribution in [3.63, 3.8) is 0 Å². The van der Waals surface area contributed by atoms with Gasteiger partial charge in [0.1, 0.15) is 6.10 Å². The third kappa shape index (κ3) is 4.11. The van der Waals surface area contributed by atoms with Crippen LogP contribution in [-0.4, -0.2) is 46.4 Å². The van der Waals surface area contributed by atoms with Gasteiger partial charge in [-0.25, -0.2) is 4.79 Å². The van der Waals surface area contributed by atoms with Gasteiger partial charge in [-0.2, -0.15) is 16.4 Å². The van der Waals surface area contributed by atoms with Crippen LogP contribution in [-0.2, 0) is 18.2 Å². The summed E-state index contributed by atoms with van der Waals surface area (Å²) < 4.78 is 7.73. The molecule has 3 rings (SSSR count). The Morgan fingerprint density at radius 2 is 2.39 bits per heavy atom. The van der Waals surface area contributed by atoms with Crippen LogP contribution in [0.15, 0.2) is 29.2 Å². The van der Waals surface area contributed by atoms with E-state index in [1.165, 1.54) is 0 Å². The molecule has 23 heavy (non-hydrogen) atoms. The maximum atomic E-state index is 12.4. The number of aryl methyl sites for hydroxylation is 1. The van der Waals surface area contributed by atoms with Gasteiger partial charge in [0.2, 0.25) is 0 Å². The lowest BCUT2D eigenvalue weighted by Crippen LogP contribution is -2.50. The SMILES string of the molecule is C[C@H]1CN(C(=O)NCCc2cnn(C)c2)C[C@H](c2ccsc2)O1. The third-order valence-electron chi connectivity index (χ3n) is 3.91. The molecular weight excluding hydrogens is 312 g/mol. The van der Waals surface area contributed by atoms with Gasteiger partial charge in [0.05, 0.1) is 18.8 Å². The molecule has 7 heteroatoms. The predicted molar refractivity (Wildman–Crippen MR) is 89.5 cm³/mol. The zero-order valence-electron chi connectivity index (χ0n) is 13.4. The lowest BCUT2D eigenvalue weighted by atomic mass is 10.1. The summed E-state index contributed by atoms with van der Waals surface area (Å²) in [5.41, 5.74) is 2.27. The zero-order valence-corrected chi connectivity index (χ0v) is 14.3. The second-order valence-electron chi connectivity index (χ2n) is 5.90. The van der Waals surface area contributed by atoms with Crippen molar-refractivity contribution >= 4 is 17.4 Å². The van der Waals surface area contributed by atoms with Gasteiger partial charge >= 0.3 is 6.03 Å². The fourth-order valence-corrected chi connectivity index (χ4v) is 3.49. The number of aromatic nitrogens is 2. The minimum Gasteiger partial charge on any atom is -0.367 e. The number of amides is 2. The Labute approximate surface area is 140 Å². The van der Waals surface area contributed by atoms with Crippen LogP contribution in [0.5, 0.6) is 0 Å². The Hall–Kier alpha value is -1.86. The van der Waals surface area contributed by atoms with Crippen molar-refractivity contribution < 1.29 is 9.53 Å². The number of urea groups is 1. The van der Waals surface area contributed by atoms with E-state index in [0.29, 0.717) is 19.6 Å². The van der Waals surface area contributed by atoms with Gasteiger partial charge in [-0.1, -0.05) is 0 Å². The summed E-state index contributed by atoms with van der Waals surface area (Å²) in [5, 5.41) is 11.2. The summed E-state index contributed by atoms with van der Waals surface area (Å²) in [6.45, 7) is 3.84. The Morgan fingerprint density at radius 1 is 1.52 bits per heavy atom. The van der Waals surface area contributed by atoms with Crippen molar-refractivity contribution in [2.45, 2.75) is 25.6 Å². The summed E-state index contributed by atoms with van der Waals surface area (Å²) in [6.07, 6.45) is 4.59. The third-order valence-corrected chi connectivity index (χ3v) is 4.61. The van der Waals surface area contributed by atoms with E-state index in [1.54, 1.807) is 16.0 Å². The molecule has 2 aromatic heterocycles. The number of nitrogens with one attached hydrogen (secondary N) is 1. The first-order valence-electron chi connectivity index (χ1n) is 7.79. The van der Waals surface area contributed by atoms with Gasteiger partial charge < -0.3 is 15.0 Å². The molecule has 6 nitrogen and oxygen atoms in total. The maximum absolute atomic E-state index is 12.4. The fourth-order valence-electron chi connectivity index (χ4n) is 2.79. The molecular formula is C16H22N4O2S. The molecule has 1 fully saturated rings. The van der Waals surface area contributed by atoms with Crippen molar-refractivity contribution in [3.8, 4) is 0 Å². The predicted octanol–water partition coefficient (Wildman–Crippen LogP) is 2.20. The Bertz CT molecular complexity index is 640. The highest BCUT2D eigenvalue weighted by Crippen LogP contribution is 2.26. The molecule has 2 atom stereocenters. The number of hydrogen-bond donors (Lipinski definition) is 1. The van der Waals surface area contributed by atoms with Crippen molar-refractivity contribution in [2.75, 3.05) is 19.6 Å². The van der Waals surface area contributed by atoms with Gasteiger partial charge in [0.15, 0.2) is 0 Å². The first-order chi connectivity index (χ1) is 11.1. The van der Waals surface area contributed by atoms with E-state index in [1.807, 2.05) is 36.6 Å². The van der Waals surface area contributed by atoms with E-state index in [0.717, 1.165) is 17.5 Å². The number of hydrogen-bond acceptors (Lipinski definition) is 4. The number of thiophene rings is 1. The molecule has 0 bridgehead atoms. The van der Waals surface area contributed by atoms with E-state index in [2.05, 4.69) is 21.9 Å². The molecule has 1 N–H and O–H groups in total. The Kier molecular flexibility index (Phi) is 4.97. The van der Waals surface area contributed by atoms with Crippen LogP contribution >= 0.6 is 11.3 Å². The average Bonchev–Trinajstić information content (AvgIpc) is 3.18. The van der Waals surface area contributed by atoms with Crippen molar-refractivity contribution in [2.24, 2.45) is 7.05 Å². The normalized spacial score (nSPS) is 21.4. The summed E-state index contributed by atoms with van der Waals surface area (Å²) >= 11 is 1.65. The van der Waals surface area contributed by atoms with Gasteiger partial charge in [0.25, 0.3) is 0 Å². The van der Waals surface area contributed by atoms with E-state index < -0.39 is 0 Å². The molecule has 0 spiro atoms. The van der Waals surface area contributed by atoms with Gasteiger partial charge in [0, 0.05) is 26.3 Å². The van der Waals surface area contributed by atoms with Crippen LogP contribution in [0.2, 0.25) is 0 Å². The lowest BCUT2D eigenvalue weighted by molar-refractivity contribution is -0.0654. The van der Waals surface area contributed by atoms with Crippen LogP contribution < -0.4 is 5.32 Å². The van der Waals surface area contributed by atoms with Crippen molar-refractivity contribution in [3.05, 3.63) is 40.3 Å². The molecule has 0 unspecified atom stereocenters. The van der Waals surface area contributed by atoms with E-state index >= 15 is 0 Å². The number of nitrogens with zero attached hydrogens (tertiary/aromatic N) is 3. The number of carbonyl (C=O) groups is 1. The molecule has 1 aliphatic heterocycles. The van der Waals surface area contributed by atoms with Crippen LogP contribution in [0.25, 0.3) is 0 Å². The molecule has 3 heterocycles. The number of morpholine rings is 1. The van der Waals surface area contributed by atoms with Crippen molar-refractivity contribution in [1.82, 2.24) is 20.0 Å². The number of ether oxygens (including phenoxy) is 1. The second kappa shape index (κ2) is 7.14. The molecule has 0 saturated carbocycles. The van der Waals surface area contributed by atoms with Crippen LogP contribution in [0, 0.1) is 0 Å². The van der Waals surface area contributed by atoms with Crippen LogP contribution in [0.3, 0.4) is 0 Å². The van der Waals surface area contributed by atoms with Gasteiger partial charge in [-0.05, 0) is 41.3 Å². The van der Waals surface area contributed by atoms with Gasteiger partial charge in [-0.3, -0.25) is 4.68 Å². The minimum atomic E-state index is -0.0333. The molecule has 0 radical (unpaired) electrons. The molecule has 2 aromatic rings. The zero-order chi connectivity index (χ0) is 16.2. The second-order valence-corrected chi connectivity index (χ2v) is 6.68. The first kappa shape index (κ1) is 16.0. The quantitative estimate of drug-likeness (QED) is 0.932. The molecule has 1 saturated heterocycles.